The number of halogens is 5. The molecule has 1 aliphatic rings. The monoisotopic (exact) mass is 552 g/mol. The normalized spacial score (nSPS) is 15.4. The number of nitrogens with two attached hydrogens (primary N) is 1. The van der Waals surface area contributed by atoms with E-state index in [0.29, 0.717) is 45.7 Å². The Kier molecular flexibility index (Phi) is 7.82. The number of pyridine rings is 2. The van der Waals surface area contributed by atoms with Gasteiger partial charge in [0.2, 0.25) is 0 Å². The Labute approximate surface area is 222 Å². The summed E-state index contributed by atoms with van der Waals surface area (Å²) in [6.45, 7) is 3.80. The number of nitrogen functional groups attached to an aromatic ring is 1. The van der Waals surface area contributed by atoms with Crippen molar-refractivity contribution in [3.05, 3.63) is 75.4 Å². The van der Waals surface area contributed by atoms with Gasteiger partial charge in [0.15, 0.2) is 11.6 Å². The molecule has 0 aliphatic carbocycles. The Morgan fingerprint density at radius 1 is 1.22 bits per heavy atom. The largest absolute Gasteiger partial charge is 0.486 e. The fourth-order valence-corrected chi connectivity index (χ4v) is 4.91. The molecule has 3 aromatic rings. The van der Waals surface area contributed by atoms with Gasteiger partial charge < -0.3 is 20.7 Å². The van der Waals surface area contributed by atoms with E-state index < -0.39 is 30.4 Å². The number of anilines is 2. The molecule has 1 atom stereocenters. The summed E-state index contributed by atoms with van der Waals surface area (Å²) in [4.78, 5) is 9.78. The maximum atomic E-state index is 15.0. The smallest absolute Gasteiger partial charge is 0.250 e. The lowest BCUT2D eigenvalue weighted by molar-refractivity contribution is 0.124. The average molecular weight is 553 g/mol. The Balaban J connectivity index is 1.49. The molecule has 7 nitrogen and oxygen atoms in total. The zero-order valence-electron chi connectivity index (χ0n) is 20.0. The molecule has 1 fully saturated rings. The lowest BCUT2D eigenvalue weighted by atomic mass is 9.92. The minimum Gasteiger partial charge on any atom is -0.486 e. The van der Waals surface area contributed by atoms with E-state index >= 15 is 0 Å². The molecule has 0 spiro atoms. The number of alkyl halides is 2. The number of rotatable bonds is 9. The van der Waals surface area contributed by atoms with Gasteiger partial charge in [-0.25, -0.2) is 18.2 Å². The summed E-state index contributed by atoms with van der Waals surface area (Å²) in [5.74, 6) is -0.121. The number of nitrogens with one attached hydrogen (secondary N) is 2. The van der Waals surface area contributed by atoms with Crippen molar-refractivity contribution in [3.63, 3.8) is 0 Å². The second-order valence-electron chi connectivity index (χ2n) is 9.12. The van der Waals surface area contributed by atoms with Crippen molar-refractivity contribution in [2.45, 2.75) is 31.9 Å². The second-order valence-corrected chi connectivity index (χ2v) is 9.93. The summed E-state index contributed by atoms with van der Waals surface area (Å²) >= 11 is 12.5. The van der Waals surface area contributed by atoms with Crippen LogP contribution in [0.2, 0.25) is 10.0 Å². The van der Waals surface area contributed by atoms with E-state index in [1.54, 1.807) is 36.9 Å². The quantitative estimate of drug-likeness (QED) is 0.239. The molecule has 4 N–H and O–H groups in total. The molecule has 0 amide bonds. The lowest BCUT2D eigenvalue weighted by Crippen LogP contribution is -2.68. The van der Waals surface area contributed by atoms with Crippen LogP contribution in [0, 0.1) is 11.2 Å². The van der Waals surface area contributed by atoms with Gasteiger partial charge in [-0.15, -0.1) is 0 Å². The number of nitrogens with zero attached hydrogens (tertiary/aromatic N) is 3. The van der Waals surface area contributed by atoms with Gasteiger partial charge >= 0.3 is 0 Å². The molecule has 0 saturated carbocycles. The summed E-state index contributed by atoms with van der Waals surface area (Å²) in [6, 6.07) is 6.03. The van der Waals surface area contributed by atoms with E-state index in [-0.39, 0.29) is 17.1 Å². The van der Waals surface area contributed by atoms with E-state index in [9.17, 15) is 13.2 Å². The van der Waals surface area contributed by atoms with Crippen molar-refractivity contribution < 1.29 is 17.9 Å². The molecular weight excluding hydrogens is 528 g/mol. The van der Waals surface area contributed by atoms with Crippen molar-refractivity contribution in [1.29, 1.82) is 5.41 Å². The second kappa shape index (κ2) is 10.7. The third kappa shape index (κ3) is 5.92. The first kappa shape index (κ1) is 27.0. The summed E-state index contributed by atoms with van der Waals surface area (Å²) < 4.78 is 45.9. The molecule has 196 valence electrons. The number of hydrogen-bond acceptors (Lipinski definition) is 7. The third-order valence-electron chi connectivity index (χ3n) is 6.08. The zero-order chi connectivity index (χ0) is 26.9. The van der Waals surface area contributed by atoms with E-state index in [0.717, 1.165) is 0 Å². The van der Waals surface area contributed by atoms with Crippen LogP contribution in [0.3, 0.4) is 0 Å². The van der Waals surface area contributed by atoms with E-state index in [1.807, 2.05) is 0 Å². The Morgan fingerprint density at radius 3 is 2.51 bits per heavy atom. The molecule has 1 aromatic carbocycles. The lowest BCUT2D eigenvalue weighted by Gasteiger charge is -2.49. The Hall–Kier alpha value is -3.08. The fourth-order valence-electron chi connectivity index (χ4n) is 4.23. The van der Waals surface area contributed by atoms with Crippen LogP contribution >= 0.6 is 23.2 Å². The zero-order valence-corrected chi connectivity index (χ0v) is 21.5. The maximum absolute atomic E-state index is 15.0. The van der Waals surface area contributed by atoms with Crippen LogP contribution < -0.4 is 20.7 Å². The van der Waals surface area contributed by atoms with Crippen molar-refractivity contribution in [3.8, 4) is 5.75 Å². The van der Waals surface area contributed by atoms with E-state index in [1.165, 1.54) is 24.7 Å². The van der Waals surface area contributed by atoms with Gasteiger partial charge in [0.25, 0.3) is 6.43 Å². The maximum Gasteiger partial charge on any atom is 0.250 e. The van der Waals surface area contributed by atoms with Crippen molar-refractivity contribution >= 4 is 40.4 Å². The molecule has 37 heavy (non-hydrogen) atoms. The average Bonchev–Trinajstić information content (AvgIpc) is 2.82. The van der Waals surface area contributed by atoms with Gasteiger partial charge in [-0.05, 0) is 38.1 Å². The summed E-state index contributed by atoms with van der Waals surface area (Å²) in [5.41, 5.74) is 6.95. The first-order valence-corrected chi connectivity index (χ1v) is 12.1. The number of benzene rings is 1. The van der Waals surface area contributed by atoms with Gasteiger partial charge in [-0.2, -0.15) is 0 Å². The topological polar surface area (TPSA) is 100 Å². The standard InChI is InChI=1S/C25H25Cl2F3N6O/c1-13(22-17(26)8-33-9-18(22)27)37-15-3-4-20(31)16(6-15)23(32)14-5-19(28)24(34-7-14)36-11-25(2,12-36)35-10-21(29)30/h3-9,13,21,32,35H,10-12,31H2,1-2H3/t13-/m1/s1. The highest BCUT2D eigenvalue weighted by atomic mass is 35.5. The molecule has 12 heteroatoms. The van der Waals surface area contributed by atoms with Crippen LogP contribution in [-0.2, 0) is 0 Å². The van der Waals surface area contributed by atoms with Gasteiger partial charge in [-0.3, -0.25) is 10.4 Å². The van der Waals surface area contributed by atoms with Gasteiger partial charge in [0, 0.05) is 54.1 Å². The van der Waals surface area contributed by atoms with Crippen LogP contribution in [-0.4, -0.2) is 47.3 Å². The number of ether oxygens (including phenoxy) is 1. The highest BCUT2D eigenvalue weighted by Gasteiger charge is 2.40. The third-order valence-corrected chi connectivity index (χ3v) is 6.68. The van der Waals surface area contributed by atoms with E-state index in [2.05, 4.69) is 15.3 Å². The first-order chi connectivity index (χ1) is 17.5. The summed E-state index contributed by atoms with van der Waals surface area (Å²) in [6.07, 6.45) is 1.34. The van der Waals surface area contributed by atoms with Crippen LogP contribution in [0.5, 0.6) is 5.75 Å². The Bertz CT molecular complexity index is 1300. The summed E-state index contributed by atoms with van der Waals surface area (Å²) in [5, 5.41) is 12.1. The predicted octanol–water partition coefficient (Wildman–Crippen LogP) is 5.49. The van der Waals surface area contributed by atoms with Gasteiger partial charge in [0.1, 0.15) is 11.9 Å². The van der Waals surface area contributed by atoms with Crippen LogP contribution in [0.25, 0.3) is 0 Å². The molecule has 4 rings (SSSR count). The molecule has 0 unspecified atom stereocenters. The van der Waals surface area contributed by atoms with Crippen molar-refractivity contribution in [1.82, 2.24) is 15.3 Å². The highest BCUT2D eigenvalue weighted by molar-refractivity contribution is 6.35. The van der Waals surface area contributed by atoms with Crippen molar-refractivity contribution in [2.75, 3.05) is 30.3 Å². The molecule has 0 bridgehead atoms. The number of hydrogen-bond donors (Lipinski definition) is 3. The minimum atomic E-state index is -2.46. The van der Waals surface area contributed by atoms with Gasteiger partial charge in [0.05, 0.1) is 27.8 Å². The predicted molar refractivity (Wildman–Crippen MR) is 139 cm³/mol. The minimum absolute atomic E-state index is 0.0411. The van der Waals surface area contributed by atoms with Crippen LogP contribution in [0.4, 0.5) is 24.7 Å². The Morgan fingerprint density at radius 2 is 1.89 bits per heavy atom. The van der Waals surface area contributed by atoms with E-state index in [4.69, 9.17) is 39.1 Å². The molecule has 1 aliphatic heterocycles. The highest BCUT2D eigenvalue weighted by Crippen LogP contribution is 2.34. The fraction of sp³-hybridized carbons (Fsp3) is 0.320. The molecule has 1 saturated heterocycles. The molecule has 3 heterocycles. The molecular formula is C25H25Cl2F3N6O. The first-order valence-electron chi connectivity index (χ1n) is 11.4. The molecule has 2 aromatic heterocycles. The molecule has 0 radical (unpaired) electrons. The van der Waals surface area contributed by atoms with Gasteiger partial charge in [-0.1, -0.05) is 23.2 Å². The van der Waals surface area contributed by atoms with Crippen molar-refractivity contribution in [2.24, 2.45) is 0 Å². The summed E-state index contributed by atoms with van der Waals surface area (Å²) in [7, 11) is 0. The van der Waals surface area contributed by atoms with Crippen LogP contribution in [0.15, 0.2) is 42.9 Å². The number of aromatic nitrogens is 2. The SMILES string of the molecule is C[C@@H](Oc1ccc(N)c(C(=N)c2cnc(N3CC(C)(NCC(F)F)C3)c(F)c2)c1)c1c(Cl)cncc1Cl. The van der Waals surface area contributed by atoms with Crippen LogP contribution in [0.1, 0.15) is 36.6 Å².